The standard InChI is InChI=1S/C17H20N4O4/c1-9(2)25-16(23)14-10(3)20-17-18-8-19-21(17)15(14)11-5-6-12(22)13(7-11)24-4/h5-9,15,22H,1-4H3,(H,18,19,20)/t15-/m0/s1. The number of nitrogens with one attached hydrogen (secondary N) is 1. The molecule has 0 saturated carbocycles. The molecule has 0 fully saturated rings. The van der Waals surface area contributed by atoms with E-state index in [-0.39, 0.29) is 11.9 Å². The number of aromatic nitrogens is 3. The van der Waals surface area contributed by atoms with Crippen LogP contribution in [0.25, 0.3) is 0 Å². The van der Waals surface area contributed by atoms with Gasteiger partial charge in [-0.2, -0.15) is 10.1 Å². The summed E-state index contributed by atoms with van der Waals surface area (Å²) in [5, 5.41) is 17.2. The number of carbonyl (C=O) groups excluding carboxylic acids is 1. The van der Waals surface area contributed by atoms with Crippen molar-refractivity contribution >= 4 is 11.9 Å². The SMILES string of the molecule is COc1cc([C@H]2C(C(=O)OC(C)C)=C(C)Nc3ncnn32)ccc1O. The van der Waals surface area contributed by atoms with E-state index in [0.29, 0.717) is 23.0 Å². The van der Waals surface area contributed by atoms with Crippen molar-refractivity contribution in [3.8, 4) is 11.5 Å². The van der Waals surface area contributed by atoms with Gasteiger partial charge in [0, 0.05) is 5.70 Å². The van der Waals surface area contributed by atoms with Crippen molar-refractivity contribution in [1.29, 1.82) is 0 Å². The van der Waals surface area contributed by atoms with Crippen LogP contribution in [0.5, 0.6) is 11.5 Å². The highest BCUT2D eigenvalue weighted by Crippen LogP contribution is 2.38. The zero-order chi connectivity index (χ0) is 18.1. The van der Waals surface area contributed by atoms with Crippen LogP contribution in [0, 0.1) is 0 Å². The summed E-state index contributed by atoms with van der Waals surface area (Å²) >= 11 is 0. The summed E-state index contributed by atoms with van der Waals surface area (Å²) in [6.07, 6.45) is 1.16. The van der Waals surface area contributed by atoms with Gasteiger partial charge in [-0.3, -0.25) is 0 Å². The molecule has 1 atom stereocenters. The fourth-order valence-corrected chi connectivity index (χ4v) is 2.81. The van der Waals surface area contributed by atoms with E-state index in [4.69, 9.17) is 9.47 Å². The van der Waals surface area contributed by atoms with Gasteiger partial charge in [-0.25, -0.2) is 9.48 Å². The summed E-state index contributed by atoms with van der Waals surface area (Å²) in [7, 11) is 1.47. The molecule has 2 aromatic rings. The fourth-order valence-electron chi connectivity index (χ4n) is 2.81. The average molecular weight is 344 g/mol. The van der Waals surface area contributed by atoms with E-state index in [1.54, 1.807) is 37.6 Å². The molecule has 3 rings (SSSR count). The number of anilines is 1. The lowest BCUT2D eigenvalue weighted by atomic mass is 9.95. The molecule has 0 saturated heterocycles. The molecule has 2 heterocycles. The zero-order valence-electron chi connectivity index (χ0n) is 14.5. The lowest BCUT2D eigenvalue weighted by Crippen LogP contribution is -2.30. The predicted molar refractivity (Wildman–Crippen MR) is 90.4 cm³/mol. The number of fused-ring (bicyclic) bond motifs is 1. The van der Waals surface area contributed by atoms with Crippen LogP contribution in [0.4, 0.5) is 5.95 Å². The topological polar surface area (TPSA) is 98.5 Å². The number of hydrogen-bond acceptors (Lipinski definition) is 7. The van der Waals surface area contributed by atoms with Crippen LogP contribution < -0.4 is 10.1 Å². The van der Waals surface area contributed by atoms with Gasteiger partial charge in [0.2, 0.25) is 5.95 Å². The molecule has 1 aliphatic rings. The largest absolute Gasteiger partial charge is 0.504 e. The minimum Gasteiger partial charge on any atom is -0.504 e. The molecule has 0 amide bonds. The van der Waals surface area contributed by atoms with E-state index < -0.39 is 12.0 Å². The summed E-state index contributed by atoms with van der Waals surface area (Å²) < 4.78 is 12.2. The minimum atomic E-state index is -0.542. The first-order valence-electron chi connectivity index (χ1n) is 7.87. The molecule has 0 bridgehead atoms. The van der Waals surface area contributed by atoms with Gasteiger partial charge in [-0.15, -0.1) is 0 Å². The molecule has 2 N–H and O–H groups in total. The van der Waals surface area contributed by atoms with Crippen molar-refractivity contribution in [1.82, 2.24) is 14.8 Å². The number of esters is 1. The number of nitrogens with zero attached hydrogens (tertiary/aromatic N) is 3. The predicted octanol–water partition coefficient (Wildman–Crippen LogP) is 2.23. The van der Waals surface area contributed by atoms with Crippen molar-refractivity contribution in [2.24, 2.45) is 0 Å². The van der Waals surface area contributed by atoms with Crippen LogP contribution in [-0.2, 0) is 9.53 Å². The van der Waals surface area contributed by atoms with E-state index in [9.17, 15) is 9.90 Å². The molecule has 8 nitrogen and oxygen atoms in total. The van der Waals surface area contributed by atoms with Gasteiger partial charge < -0.3 is 19.9 Å². The minimum absolute atomic E-state index is 0.0195. The Hall–Kier alpha value is -3.03. The van der Waals surface area contributed by atoms with Crippen molar-refractivity contribution in [2.45, 2.75) is 32.9 Å². The second-order valence-electron chi connectivity index (χ2n) is 5.98. The van der Waals surface area contributed by atoms with Crippen LogP contribution in [0.15, 0.2) is 35.8 Å². The Morgan fingerprint density at radius 2 is 2.16 bits per heavy atom. The number of carbonyl (C=O) groups is 1. The molecule has 0 radical (unpaired) electrons. The highest BCUT2D eigenvalue weighted by molar-refractivity contribution is 5.92. The molecule has 0 spiro atoms. The summed E-state index contributed by atoms with van der Waals surface area (Å²) in [4.78, 5) is 16.9. The number of rotatable bonds is 4. The van der Waals surface area contributed by atoms with Crippen LogP contribution in [0.3, 0.4) is 0 Å². The number of methoxy groups -OCH3 is 1. The van der Waals surface area contributed by atoms with Gasteiger partial charge in [0.05, 0.1) is 18.8 Å². The van der Waals surface area contributed by atoms with Gasteiger partial charge in [-0.05, 0) is 38.5 Å². The highest BCUT2D eigenvalue weighted by Gasteiger charge is 2.35. The Bertz CT molecular complexity index is 841. The number of benzene rings is 1. The Balaban J connectivity index is 2.14. The summed E-state index contributed by atoms with van der Waals surface area (Å²) in [6, 6.07) is 4.37. The van der Waals surface area contributed by atoms with E-state index in [1.165, 1.54) is 19.5 Å². The van der Waals surface area contributed by atoms with E-state index in [0.717, 1.165) is 5.56 Å². The lowest BCUT2D eigenvalue weighted by molar-refractivity contribution is -0.143. The molecule has 1 aromatic heterocycles. The summed E-state index contributed by atoms with van der Waals surface area (Å²) in [5.41, 5.74) is 1.79. The maximum Gasteiger partial charge on any atom is 0.338 e. The van der Waals surface area contributed by atoms with Gasteiger partial charge in [-0.1, -0.05) is 6.07 Å². The second-order valence-corrected chi connectivity index (χ2v) is 5.98. The molecular formula is C17H20N4O4. The Kier molecular flexibility index (Phi) is 4.35. The fraction of sp³-hybridized carbons (Fsp3) is 0.353. The molecule has 8 heteroatoms. The first-order valence-corrected chi connectivity index (χ1v) is 7.87. The van der Waals surface area contributed by atoms with Crippen molar-refractivity contribution in [2.75, 3.05) is 12.4 Å². The van der Waals surface area contributed by atoms with Gasteiger partial charge in [0.1, 0.15) is 12.4 Å². The van der Waals surface area contributed by atoms with Gasteiger partial charge in [0.25, 0.3) is 0 Å². The van der Waals surface area contributed by atoms with Crippen LogP contribution in [-0.4, -0.2) is 39.1 Å². The first-order chi connectivity index (χ1) is 11.9. The highest BCUT2D eigenvalue weighted by atomic mass is 16.5. The van der Waals surface area contributed by atoms with E-state index in [2.05, 4.69) is 15.4 Å². The van der Waals surface area contributed by atoms with Crippen LogP contribution in [0.1, 0.15) is 32.4 Å². The quantitative estimate of drug-likeness (QED) is 0.821. The Labute approximate surface area is 145 Å². The smallest absolute Gasteiger partial charge is 0.338 e. The number of phenols is 1. The first kappa shape index (κ1) is 16.8. The number of allylic oxidation sites excluding steroid dienone is 1. The van der Waals surface area contributed by atoms with Crippen molar-refractivity contribution < 1.29 is 19.4 Å². The van der Waals surface area contributed by atoms with E-state index in [1.807, 2.05) is 0 Å². The number of phenolic OH excluding ortho intramolecular Hbond substituents is 1. The third-order valence-electron chi connectivity index (χ3n) is 3.88. The van der Waals surface area contributed by atoms with Crippen molar-refractivity contribution in [3.63, 3.8) is 0 Å². The molecular weight excluding hydrogens is 324 g/mol. The molecule has 1 aromatic carbocycles. The Morgan fingerprint density at radius 3 is 2.84 bits per heavy atom. The van der Waals surface area contributed by atoms with Gasteiger partial charge >= 0.3 is 5.97 Å². The van der Waals surface area contributed by atoms with Crippen LogP contribution in [0.2, 0.25) is 0 Å². The third-order valence-corrected chi connectivity index (χ3v) is 3.88. The Morgan fingerprint density at radius 1 is 1.40 bits per heavy atom. The van der Waals surface area contributed by atoms with Crippen molar-refractivity contribution in [3.05, 3.63) is 41.4 Å². The molecule has 0 aliphatic carbocycles. The average Bonchev–Trinajstić information content (AvgIpc) is 3.01. The van der Waals surface area contributed by atoms with Gasteiger partial charge in [0.15, 0.2) is 11.5 Å². The normalized spacial score (nSPS) is 16.4. The van der Waals surface area contributed by atoms with E-state index >= 15 is 0 Å². The molecule has 0 unspecified atom stereocenters. The number of aromatic hydroxyl groups is 1. The second kappa shape index (κ2) is 6.46. The zero-order valence-corrected chi connectivity index (χ0v) is 14.5. The summed E-state index contributed by atoms with van der Waals surface area (Å²) in [5.74, 6) is 0.423. The number of ether oxygens (including phenoxy) is 2. The summed E-state index contributed by atoms with van der Waals surface area (Å²) in [6.45, 7) is 5.38. The lowest BCUT2D eigenvalue weighted by Gasteiger charge is -2.28. The van der Waals surface area contributed by atoms with Crippen LogP contribution >= 0.6 is 0 Å². The molecule has 25 heavy (non-hydrogen) atoms. The number of hydrogen-bond donors (Lipinski definition) is 2. The monoisotopic (exact) mass is 344 g/mol. The maximum atomic E-state index is 12.7. The molecule has 132 valence electrons. The molecule has 1 aliphatic heterocycles. The third kappa shape index (κ3) is 3.02. The maximum absolute atomic E-state index is 12.7.